The van der Waals surface area contributed by atoms with Crippen LogP contribution in [0.1, 0.15) is 32.8 Å². The van der Waals surface area contributed by atoms with Crippen molar-refractivity contribution in [2.45, 2.75) is 38.6 Å². The maximum atomic E-state index is 11.3. The highest BCUT2D eigenvalue weighted by Crippen LogP contribution is 2.18. The second-order valence-electron chi connectivity index (χ2n) is 3.32. The van der Waals surface area contributed by atoms with Crippen LogP contribution in [0.2, 0.25) is 0 Å². The van der Waals surface area contributed by atoms with Gasteiger partial charge in [-0.1, -0.05) is 48.8 Å². The number of esters is 1. The van der Waals surface area contributed by atoms with E-state index in [4.69, 9.17) is 4.74 Å². The van der Waals surface area contributed by atoms with Crippen molar-refractivity contribution >= 4 is 21.9 Å². The molecule has 0 saturated heterocycles. The van der Waals surface area contributed by atoms with Gasteiger partial charge in [0.25, 0.3) is 0 Å². The predicted octanol–water partition coefficient (Wildman–Crippen LogP) is 3.94. The quantitative estimate of drug-likeness (QED) is 0.609. The van der Waals surface area contributed by atoms with Gasteiger partial charge in [0, 0.05) is 5.33 Å². The van der Waals surface area contributed by atoms with Crippen molar-refractivity contribution in [1.82, 2.24) is 0 Å². The zero-order chi connectivity index (χ0) is 14.0. The van der Waals surface area contributed by atoms with Gasteiger partial charge >= 0.3 is 5.97 Å². The molecule has 0 N–H and O–H groups in total. The van der Waals surface area contributed by atoms with Crippen molar-refractivity contribution in [3.63, 3.8) is 0 Å². The minimum absolute atomic E-state index is 0.341. The number of hydrogen-bond acceptors (Lipinski definition) is 3. The fourth-order valence-corrected chi connectivity index (χ4v) is 1.64. The molecular formula is C14H21BrO3. The third-order valence-corrected chi connectivity index (χ3v) is 2.81. The molecule has 1 unspecified atom stereocenters. The van der Waals surface area contributed by atoms with Crippen molar-refractivity contribution in [3.05, 3.63) is 29.8 Å². The summed E-state index contributed by atoms with van der Waals surface area (Å²) in [6.07, 6.45) is 0.0566. The topological polar surface area (TPSA) is 35.5 Å². The van der Waals surface area contributed by atoms with Crippen LogP contribution in [0.3, 0.4) is 0 Å². The SMILES string of the molecule is CC.CCC(Oc1cccc(CBr)c1)C(=O)OC. The fourth-order valence-electron chi connectivity index (χ4n) is 1.30. The van der Waals surface area contributed by atoms with Crippen LogP contribution >= 0.6 is 15.9 Å². The average molecular weight is 317 g/mol. The molecule has 0 aliphatic carbocycles. The molecule has 3 nitrogen and oxygen atoms in total. The minimum Gasteiger partial charge on any atom is -0.479 e. The van der Waals surface area contributed by atoms with Gasteiger partial charge < -0.3 is 9.47 Å². The summed E-state index contributed by atoms with van der Waals surface area (Å²) in [5.74, 6) is 0.348. The van der Waals surface area contributed by atoms with Crippen LogP contribution in [0.5, 0.6) is 5.75 Å². The number of ether oxygens (including phenoxy) is 2. The summed E-state index contributed by atoms with van der Waals surface area (Å²) < 4.78 is 10.2. The Labute approximate surface area is 118 Å². The van der Waals surface area contributed by atoms with Crippen LogP contribution in [0.15, 0.2) is 24.3 Å². The molecule has 0 heterocycles. The second kappa shape index (κ2) is 9.95. The van der Waals surface area contributed by atoms with E-state index in [0.29, 0.717) is 12.2 Å². The van der Waals surface area contributed by atoms with Crippen LogP contribution in [-0.2, 0) is 14.9 Å². The lowest BCUT2D eigenvalue weighted by atomic mass is 10.2. The number of rotatable bonds is 5. The number of methoxy groups -OCH3 is 1. The summed E-state index contributed by atoms with van der Waals surface area (Å²) in [4.78, 5) is 11.3. The van der Waals surface area contributed by atoms with E-state index in [9.17, 15) is 4.79 Å². The molecule has 1 atom stereocenters. The number of benzene rings is 1. The Hall–Kier alpha value is -1.03. The molecule has 0 saturated carbocycles. The van der Waals surface area contributed by atoms with E-state index >= 15 is 0 Å². The monoisotopic (exact) mass is 316 g/mol. The van der Waals surface area contributed by atoms with Crippen LogP contribution in [0.25, 0.3) is 0 Å². The van der Waals surface area contributed by atoms with Crippen molar-refractivity contribution < 1.29 is 14.3 Å². The van der Waals surface area contributed by atoms with Crippen LogP contribution < -0.4 is 4.74 Å². The standard InChI is InChI=1S/C12H15BrO3.C2H6/c1-3-11(12(14)15-2)16-10-6-4-5-9(7-10)8-13;1-2/h4-7,11H,3,8H2,1-2H3;1-2H3. The summed E-state index contributed by atoms with van der Waals surface area (Å²) in [7, 11) is 1.36. The molecule has 0 bridgehead atoms. The second-order valence-corrected chi connectivity index (χ2v) is 3.88. The Balaban J connectivity index is 0.00000137. The molecule has 18 heavy (non-hydrogen) atoms. The van der Waals surface area contributed by atoms with E-state index in [-0.39, 0.29) is 5.97 Å². The van der Waals surface area contributed by atoms with E-state index in [1.54, 1.807) is 0 Å². The van der Waals surface area contributed by atoms with Crippen LogP contribution in [-0.4, -0.2) is 19.2 Å². The molecular weight excluding hydrogens is 296 g/mol. The van der Waals surface area contributed by atoms with Crippen LogP contribution in [0, 0.1) is 0 Å². The van der Waals surface area contributed by atoms with Crippen molar-refractivity contribution in [1.29, 1.82) is 0 Å². The third kappa shape index (κ3) is 5.54. The lowest BCUT2D eigenvalue weighted by Crippen LogP contribution is -2.27. The lowest BCUT2D eigenvalue weighted by Gasteiger charge is -2.15. The molecule has 1 aromatic carbocycles. The number of alkyl halides is 1. The van der Waals surface area contributed by atoms with E-state index in [1.807, 2.05) is 45.0 Å². The fraction of sp³-hybridized carbons (Fsp3) is 0.500. The van der Waals surface area contributed by atoms with Gasteiger partial charge in [-0.15, -0.1) is 0 Å². The highest BCUT2D eigenvalue weighted by Gasteiger charge is 2.18. The van der Waals surface area contributed by atoms with Crippen molar-refractivity contribution in [2.24, 2.45) is 0 Å². The minimum atomic E-state index is -0.532. The van der Waals surface area contributed by atoms with Gasteiger partial charge in [-0.3, -0.25) is 0 Å². The maximum Gasteiger partial charge on any atom is 0.347 e. The summed E-state index contributed by atoms with van der Waals surface area (Å²) in [6.45, 7) is 5.88. The first-order valence-electron chi connectivity index (χ1n) is 6.10. The lowest BCUT2D eigenvalue weighted by molar-refractivity contribution is -0.148. The van der Waals surface area contributed by atoms with Gasteiger partial charge in [-0.25, -0.2) is 4.79 Å². The highest BCUT2D eigenvalue weighted by molar-refractivity contribution is 9.08. The van der Waals surface area contributed by atoms with Gasteiger partial charge in [0.1, 0.15) is 5.75 Å². The Morgan fingerprint density at radius 3 is 2.56 bits per heavy atom. The molecule has 0 aliphatic rings. The average Bonchev–Trinajstić information content (AvgIpc) is 2.46. The molecule has 0 spiro atoms. The van der Waals surface area contributed by atoms with Gasteiger partial charge in [0.15, 0.2) is 6.10 Å². The summed E-state index contributed by atoms with van der Waals surface area (Å²) >= 11 is 3.37. The molecule has 0 fully saturated rings. The van der Waals surface area contributed by atoms with E-state index in [0.717, 1.165) is 10.9 Å². The smallest absolute Gasteiger partial charge is 0.347 e. The molecule has 1 rings (SSSR count). The first kappa shape index (κ1) is 17.0. The molecule has 0 aliphatic heterocycles. The Bertz CT molecular complexity index is 353. The first-order valence-corrected chi connectivity index (χ1v) is 7.22. The van der Waals surface area contributed by atoms with Gasteiger partial charge in [0.05, 0.1) is 7.11 Å². The van der Waals surface area contributed by atoms with E-state index in [2.05, 4.69) is 20.7 Å². The van der Waals surface area contributed by atoms with Gasteiger partial charge in [-0.05, 0) is 24.1 Å². The normalized spacial score (nSPS) is 10.9. The molecule has 0 radical (unpaired) electrons. The third-order valence-electron chi connectivity index (χ3n) is 2.17. The molecule has 102 valence electrons. The largest absolute Gasteiger partial charge is 0.479 e. The van der Waals surface area contributed by atoms with Gasteiger partial charge in [-0.2, -0.15) is 0 Å². The zero-order valence-corrected chi connectivity index (χ0v) is 13.0. The number of halogens is 1. The summed E-state index contributed by atoms with van der Waals surface area (Å²) in [5, 5.41) is 0.763. The Kier molecular flexibility index (Phi) is 9.38. The summed E-state index contributed by atoms with van der Waals surface area (Å²) in [6, 6.07) is 7.62. The molecule has 0 amide bonds. The Morgan fingerprint density at radius 1 is 1.39 bits per heavy atom. The first-order chi connectivity index (χ1) is 8.71. The maximum absolute atomic E-state index is 11.3. The molecule has 1 aromatic rings. The number of carbonyl (C=O) groups excluding carboxylic acids is 1. The highest BCUT2D eigenvalue weighted by atomic mass is 79.9. The molecule has 0 aromatic heterocycles. The Morgan fingerprint density at radius 2 is 2.06 bits per heavy atom. The van der Waals surface area contributed by atoms with E-state index < -0.39 is 6.10 Å². The number of hydrogen-bond donors (Lipinski definition) is 0. The number of carbonyl (C=O) groups is 1. The van der Waals surface area contributed by atoms with E-state index in [1.165, 1.54) is 7.11 Å². The predicted molar refractivity (Wildman–Crippen MR) is 77.1 cm³/mol. The van der Waals surface area contributed by atoms with Crippen molar-refractivity contribution in [3.8, 4) is 5.75 Å². The molecule has 4 heteroatoms. The van der Waals surface area contributed by atoms with Crippen molar-refractivity contribution in [2.75, 3.05) is 7.11 Å². The van der Waals surface area contributed by atoms with Gasteiger partial charge in [0.2, 0.25) is 0 Å². The zero-order valence-electron chi connectivity index (χ0n) is 11.4. The summed E-state index contributed by atoms with van der Waals surface area (Å²) in [5.41, 5.74) is 1.11. The van der Waals surface area contributed by atoms with Crippen LogP contribution in [0.4, 0.5) is 0 Å².